The third kappa shape index (κ3) is 4.08. The second kappa shape index (κ2) is 8.46. The van der Waals surface area contributed by atoms with Gasteiger partial charge in [-0.1, -0.05) is 36.4 Å². The largest absolute Gasteiger partial charge is 0.369 e. The number of carbonyl (C=O) groups excluding carboxylic acids is 2. The van der Waals surface area contributed by atoms with Crippen molar-refractivity contribution in [3.8, 4) is 5.69 Å². The topological polar surface area (TPSA) is 110 Å². The number of likely N-dealkylation sites (tertiary alicyclic amines) is 1. The molecule has 3 N–H and O–H groups in total. The summed E-state index contributed by atoms with van der Waals surface area (Å²) in [5, 5.41) is 8.42. The molecule has 2 heterocycles. The van der Waals surface area contributed by atoms with Gasteiger partial charge in [-0.3, -0.25) is 19.3 Å². The van der Waals surface area contributed by atoms with E-state index in [1.165, 1.54) is 4.68 Å². The first-order valence-electron chi connectivity index (χ1n) is 9.92. The van der Waals surface area contributed by atoms with Crippen molar-refractivity contribution in [1.29, 1.82) is 0 Å². The maximum Gasteiger partial charge on any atom is 0.279 e. The zero-order chi connectivity index (χ0) is 21.1. The molecule has 1 aliphatic heterocycles. The second-order valence-corrected chi connectivity index (χ2v) is 7.44. The quantitative estimate of drug-likeness (QED) is 0.660. The van der Waals surface area contributed by atoms with E-state index < -0.39 is 0 Å². The van der Waals surface area contributed by atoms with Gasteiger partial charge in [0.1, 0.15) is 0 Å². The Morgan fingerprint density at radius 3 is 2.30 bits per heavy atom. The lowest BCUT2D eigenvalue weighted by atomic mass is 10.0. The zero-order valence-corrected chi connectivity index (χ0v) is 16.5. The SMILES string of the molecule is NC(=O)CN1CCC(NC(=O)c2nn(-c3ccccc3)c(=O)c3ccccc23)CC1. The average molecular weight is 405 g/mol. The molecule has 0 saturated carbocycles. The highest BCUT2D eigenvalue weighted by Crippen LogP contribution is 2.17. The number of carbonyl (C=O) groups is 2. The van der Waals surface area contributed by atoms with Crippen LogP contribution in [0.2, 0.25) is 0 Å². The highest BCUT2D eigenvalue weighted by atomic mass is 16.2. The van der Waals surface area contributed by atoms with E-state index in [0.29, 0.717) is 29.5 Å². The molecule has 1 fully saturated rings. The number of aromatic nitrogens is 2. The molecule has 2 amide bonds. The fourth-order valence-electron chi connectivity index (χ4n) is 3.81. The highest BCUT2D eigenvalue weighted by molar-refractivity contribution is 6.05. The van der Waals surface area contributed by atoms with Gasteiger partial charge in [0.25, 0.3) is 11.5 Å². The summed E-state index contributed by atoms with van der Waals surface area (Å²) in [6, 6.07) is 16.0. The van der Waals surface area contributed by atoms with Gasteiger partial charge in [0.2, 0.25) is 5.91 Å². The van der Waals surface area contributed by atoms with Gasteiger partial charge in [-0.25, -0.2) is 0 Å². The van der Waals surface area contributed by atoms with Crippen LogP contribution in [0, 0.1) is 0 Å². The Kier molecular flexibility index (Phi) is 5.58. The van der Waals surface area contributed by atoms with Crippen molar-refractivity contribution >= 4 is 22.6 Å². The lowest BCUT2D eigenvalue weighted by Gasteiger charge is -2.31. The first kappa shape index (κ1) is 19.8. The van der Waals surface area contributed by atoms with E-state index in [2.05, 4.69) is 10.4 Å². The molecule has 1 saturated heterocycles. The summed E-state index contributed by atoms with van der Waals surface area (Å²) < 4.78 is 1.27. The Morgan fingerprint density at radius 1 is 1.00 bits per heavy atom. The van der Waals surface area contributed by atoms with Crippen LogP contribution in [-0.2, 0) is 4.79 Å². The van der Waals surface area contributed by atoms with Crippen LogP contribution in [0.5, 0.6) is 0 Å². The van der Waals surface area contributed by atoms with Gasteiger partial charge in [0.15, 0.2) is 5.69 Å². The highest BCUT2D eigenvalue weighted by Gasteiger charge is 2.24. The van der Waals surface area contributed by atoms with E-state index in [1.807, 2.05) is 23.1 Å². The summed E-state index contributed by atoms with van der Waals surface area (Å²) in [6.45, 7) is 1.60. The fraction of sp³-hybridized carbons (Fsp3) is 0.273. The monoisotopic (exact) mass is 405 g/mol. The van der Waals surface area contributed by atoms with Crippen LogP contribution >= 0.6 is 0 Å². The summed E-state index contributed by atoms with van der Waals surface area (Å²) in [7, 11) is 0. The predicted molar refractivity (Wildman–Crippen MR) is 113 cm³/mol. The lowest BCUT2D eigenvalue weighted by Crippen LogP contribution is -2.47. The van der Waals surface area contributed by atoms with Crippen molar-refractivity contribution in [3.05, 3.63) is 70.6 Å². The number of primary amides is 1. The number of fused-ring (bicyclic) bond motifs is 1. The Balaban J connectivity index is 1.62. The molecule has 0 bridgehead atoms. The molecular formula is C22H23N5O3. The van der Waals surface area contributed by atoms with E-state index in [1.54, 1.807) is 36.4 Å². The minimum Gasteiger partial charge on any atom is -0.369 e. The Hall–Kier alpha value is -3.52. The summed E-state index contributed by atoms with van der Waals surface area (Å²) in [5.41, 5.74) is 5.80. The van der Waals surface area contributed by atoms with Crippen molar-refractivity contribution < 1.29 is 9.59 Å². The fourth-order valence-corrected chi connectivity index (χ4v) is 3.81. The Labute approximate surface area is 173 Å². The van der Waals surface area contributed by atoms with Crippen LogP contribution in [0.3, 0.4) is 0 Å². The third-order valence-corrected chi connectivity index (χ3v) is 5.32. The number of hydrogen-bond donors (Lipinski definition) is 2. The smallest absolute Gasteiger partial charge is 0.279 e. The summed E-state index contributed by atoms with van der Waals surface area (Å²) in [5.74, 6) is -0.666. The van der Waals surface area contributed by atoms with E-state index in [4.69, 9.17) is 5.73 Å². The standard InChI is InChI=1S/C22H23N5O3/c23-19(28)14-26-12-10-15(11-13-26)24-21(29)20-17-8-4-5-9-18(17)22(30)27(25-20)16-6-2-1-3-7-16/h1-9,15H,10-14H2,(H2,23,28)(H,24,29). The number of nitrogens with one attached hydrogen (secondary N) is 1. The van der Waals surface area contributed by atoms with E-state index >= 15 is 0 Å². The number of benzene rings is 2. The first-order chi connectivity index (χ1) is 14.5. The molecule has 1 aromatic heterocycles. The molecule has 4 rings (SSSR count). The summed E-state index contributed by atoms with van der Waals surface area (Å²) >= 11 is 0. The molecule has 8 nitrogen and oxygen atoms in total. The molecule has 0 atom stereocenters. The molecule has 0 radical (unpaired) electrons. The minimum atomic E-state index is -0.351. The maximum atomic E-state index is 13.1. The number of amides is 2. The molecule has 0 spiro atoms. The summed E-state index contributed by atoms with van der Waals surface area (Å²) in [4.78, 5) is 39.1. The lowest BCUT2D eigenvalue weighted by molar-refractivity contribution is -0.119. The number of piperidine rings is 1. The van der Waals surface area contributed by atoms with Crippen LogP contribution < -0.4 is 16.6 Å². The van der Waals surface area contributed by atoms with Crippen molar-refractivity contribution in [2.45, 2.75) is 18.9 Å². The van der Waals surface area contributed by atoms with Gasteiger partial charge in [0.05, 0.1) is 17.6 Å². The van der Waals surface area contributed by atoms with Crippen molar-refractivity contribution in [2.24, 2.45) is 5.73 Å². The zero-order valence-electron chi connectivity index (χ0n) is 16.5. The average Bonchev–Trinajstić information content (AvgIpc) is 2.76. The van der Waals surface area contributed by atoms with E-state index in [9.17, 15) is 14.4 Å². The van der Waals surface area contributed by atoms with Gasteiger partial charge >= 0.3 is 0 Å². The van der Waals surface area contributed by atoms with Gasteiger partial charge in [-0.2, -0.15) is 9.78 Å². The Morgan fingerprint density at radius 2 is 1.63 bits per heavy atom. The molecule has 2 aromatic carbocycles. The summed E-state index contributed by atoms with van der Waals surface area (Å²) in [6.07, 6.45) is 1.44. The van der Waals surface area contributed by atoms with Crippen LogP contribution in [0.15, 0.2) is 59.4 Å². The van der Waals surface area contributed by atoms with Crippen molar-refractivity contribution in [3.63, 3.8) is 0 Å². The van der Waals surface area contributed by atoms with Gasteiger partial charge < -0.3 is 11.1 Å². The number of nitrogens with two attached hydrogens (primary N) is 1. The normalized spacial score (nSPS) is 15.2. The number of para-hydroxylation sites is 1. The second-order valence-electron chi connectivity index (χ2n) is 7.44. The van der Waals surface area contributed by atoms with Crippen molar-refractivity contribution in [1.82, 2.24) is 20.0 Å². The van der Waals surface area contributed by atoms with Gasteiger partial charge in [-0.05, 0) is 31.0 Å². The molecule has 154 valence electrons. The third-order valence-electron chi connectivity index (χ3n) is 5.32. The molecule has 30 heavy (non-hydrogen) atoms. The molecule has 0 unspecified atom stereocenters. The van der Waals surface area contributed by atoms with Crippen LogP contribution in [0.4, 0.5) is 0 Å². The molecule has 0 aliphatic carbocycles. The maximum absolute atomic E-state index is 13.1. The molecule has 1 aliphatic rings. The molecular weight excluding hydrogens is 382 g/mol. The molecule has 3 aromatic rings. The number of hydrogen-bond acceptors (Lipinski definition) is 5. The Bertz CT molecular complexity index is 1130. The van der Waals surface area contributed by atoms with Crippen LogP contribution in [-0.4, -0.2) is 52.2 Å². The van der Waals surface area contributed by atoms with Gasteiger partial charge in [0, 0.05) is 24.5 Å². The van der Waals surface area contributed by atoms with Gasteiger partial charge in [-0.15, -0.1) is 0 Å². The van der Waals surface area contributed by atoms with E-state index in [-0.39, 0.29) is 35.7 Å². The minimum absolute atomic E-state index is 0.0284. The van der Waals surface area contributed by atoms with Crippen molar-refractivity contribution in [2.75, 3.05) is 19.6 Å². The predicted octanol–water partition coefficient (Wildman–Crippen LogP) is 1.07. The first-order valence-corrected chi connectivity index (χ1v) is 9.92. The van der Waals surface area contributed by atoms with Crippen LogP contribution in [0.1, 0.15) is 23.3 Å². The number of nitrogens with zero attached hydrogens (tertiary/aromatic N) is 3. The number of rotatable bonds is 5. The van der Waals surface area contributed by atoms with Crippen LogP contribution in [0.25, 0.3) is 16.5 Å². The van der Waals surface area contributed by atoms with E-state index in [0.717, 1.165) is 12.8 Å². The molecule has 8 heteroatoms.